The van der Waals surface area contributed by atoms with Gasteiger partial charge < -0.3 is 15.4 Å². The molecule has 37 heavy (non-hydrogen) atoms. The number of piperidine rings is 1. The second kappa shape index (κ2) is 8.89. The van der Waals surface area contributed by atoms with Crippen molar-refractivity contribution in [3.05, 3.63) is 41.5 Å². The fraction of sp³-hybridized carbons (Fsp3) is 0.500. The van der Waals surface area contributed by atoms with Gasteiger partial charge in [-0.15, -0.1) is 5.10 Å². The van der Waals surface area contributed by atoms with E-state index in [0.717, 1.165) is 18.9 Å². The average Bonchev–Trinajstić information content (AvgIpc) is 3.39. The van der Waals surface area contributed by atoms with Gasteiger partial charge in [0.25, 0.3) is 5.95 Å². The SMILES string of the molecule is Cc1cnc(N2CC3CCC(C2)C3N)n1-c1nc(Oc2ccc(F)c(C(F)(F)F)c2)n(CC(F)(F)F)n1. The van der Waals surface area contributed by atoms with E-state index in [-0.39, 0.29) is 23.8 Å². The lowest BCUT2D eigenvalue weighted by molar-refractivity contribution is -0.143. The molecule has 3 aromatic rings. The molecule has 0 spiro atoms. The summed E-state index contributed by atoms with van der Waals surface area (Å²) in [6.07, 6.45) is -6.32. The minimum Gasteiger partial charge on any atom is -0.424 e. The van der Waals surface area contributed by atoms with Crippen molar-refractivity contribution in [2.45, 2.75) is 44.7 Å². The Kier molecular flexibility index (Phi) is 6.08. The van der Waals surface area contributed by atoms with E-state index >= 15 is 0 Å². The molecule has 2 fully saturated rings. The molecule has 2 atom stereocenters. The van der Waals surface area contributed by atoms with Gasteiger partial charge in [0, 0.05) is 24.8 Å². The highest BCUT2D eigenvalue weighted by atomic mass is 19.4. The van der Waals surface area contributed by atoms with E-state index in [1.165, 1.54) is 10.8 Å². The number of nitrogens with zero attached hydrogens (tertiary/aromatic N) is 6. The Morgan fingerprint density at radius 1 is 1.08 bits per heavy atom. The van der Waals surface area contributed by atoms with Crippen LogP contribution < -0.4 is 15.4 Å². The van der Waals surface area contributed by atoms with Gasteiger partial charge in [-0.1, -0.05) is 0 Å². The first-order valence-corrected chi connectivity index (χ1v) is 11.4. The van der Waals surface area contributed by atoms with Gasteiger partial charge in [0.05, 0.1) is 11.8 Å². The number of hydrogen-bond donors (Lipinski definition) is 1. The molecule has 1 saturated carbocycles. The molecular formula is C22H22F7N7O. The molecule has 2 bridgehead atoms. The monoisotopic (exact) mass is 533 g/mol. The van der Waals surface area contributed by atoms with E-state index in [4.69, 9.17) is 10.5 Å². The molecule has 1 aliphatic carbocycles. The third-order valence-corrected chi connectivity index (χ3v) is 6.72. The van der Waals surface area contributed by atoms with Crippen LogP contribution in [0.3, 0.4) is 0 Å². The van der Waals surface area contributed by atoms with Crippen molar-refractivity contribution in [1.82, 2.24) is 24.3 Å². The normalized spacial score (nSPS) is 22.1. The maximum absolute atomic E-state index is 13.7. The summed E-state index contributed by atoms with van der Waals surface area (Å²) in [7, 11) is 0. The number of rotatable bonds is 5. The summed E-state index contributed by atoms with van der Waals surface area (Å²) in [5.41, 5.74) is 5.18. The fourth-order valence-electron chi connectivity index (χ4n) is 4.97. The fourth-order valence-corrected chi connectivity index (χ4v) is 4.97. The number of ether oxygens (including phenoxy) is 1. The van der Waals surface area contributed by atoms with Gasteiger partial charge in [-0.05, 0) is 49.8 Å². The molecule has 2 unspecified atom stereocenters. The average molecular weight is 533 g/mol. The van der Waals surface area contributed by atoms with E-state index in [2.05, 4.69) is 15.1 Å². The molecule has 8 nitrogen and oxygen atoms in total. The summed E-state index contributed by atoms with van der Waals surface area (Å²) in [5, 5.41) is 3.94. The third kappa shape index (κ3) is 4.95. The van der Waals surface area contributed by atoms with Crippen molar-refractivity contribution < 1.29 is 35.5 Å². The number of hydrogen-bond acceptors (Lipinski definition) is 6. The minimum absolute atomic E-state index is 0.0715. The zero-order valence-corrected chi connectivity index (χ0v) is 19.4. The molecule has 1 aliphatic heterocycles. The predicted molar refractivity (Wildman–Crippen MR) is 116 cm³/mol. The lowest BCUT2D eigenvalue weighted by Gasteiger charge is -2.36. The second-order valence-electron chi connectivity index (χ2n) is 9.32. The quantitative estimate of drug-likeness (QED) is 0.488. The van der Waals surface area contributed by atoms with E-state index in [1.807, 2.05) is 4.90 Å². The molecule has 1 aromatic carbocycles. The molecule has 0 radical (unpaired) electrons. The van der Waals surface area contributed by atoms with Crippen LogP contribution in [0, 0.1) is 24.6 Å². The smallest absolute Gasteiger partial charge is 0.419 e. The number of halogens is 7. The summed E-state index contributed by atoms with van der Waals surface area (Å²) in [6.45, 7) is 1.27. The van der Waals surface area contributed by atoms with E-state index < -0.39 is 42.0 Å². The Morgan fingerprint density at radius 3 is 2.38 bits per heavy atom. The number of aromatic nitrogens is 5. The molecule has 2 aliphatic rings. The Bertz CT molecular complexity index is 1290. The second-order valence-corrected chi connectivity index (χ2v) is 9.32. The molecule has 200 valence electrons. The van der Waals surface area contributed by atoms with Crippen LogP contribution in [0.1, 0.15) is 24.1 Å². The van der Waals surface area contributed by atoms with Crippen LogP contribution in [-0.2, 0) is 12.7 Å². The van der Waals surface area contributed by atoms with Gasteiger partial charge in [-0.25, -0.2) is 18.6 Å². The van der Waals surface area contributed by atoms with Crippen LogP contribution in [0.4, 0.5) is 36.7 Å². The third-order valence-electron chi connectivity index (χ3n) is 6.72. The van der Waals surface area contributed by atoms with Gasteiger partial charge in [0.2, 0.25) is 5.95 Å². The molecule has 0 amide bonds. The first-order chi connectivity index (χ1) is 17.3. The molecular weight excluding hydrogens is 511 g/mol. The lowest BCUT2D eigenvalue weighted by Crippen LogP contribution is -2.49. The number of alkyl halides is 6. The van der Waals surface area contributed by atoms with Crippen molar-refractivity contribution in [3.8, 4) is 17.7 Å². The van der Waals surface area contributed by atoms with Crippen LogP contribution in [0.25, 0.3) is 5.95 Å². The number of fused-ring (bicyclic) bond motifs is 2. The first-order valence-electron chi connectivity index (χ1n) is 11.4. The number of benzene rings is 1. The van der Waals surface area contributed by atoms with Crippen molar-refractivity contribution in [2.24, 2.45) is 17.6 Å². The van der Waals surface area contributed by atoms with E-state index in [1.54, 1.807) is 6.92 Å². The zero-order valence-electron chi connectivity index (χ0n) is 19.4. The molecule has 15 heteroatoms. The molecule has 5 rings (SSSR count). The summed E-state index contributed by atoms with van der Waals surface area (Å²) < 4.78 is 100.0. The van der Waals surface area contributed by atoms with Crippen LogP contribution >= 0.6 is 0 Å². The lowest BCUT2D eigenvalue weighted by atomic mass is 9.93. The van der Waals surface area contributed by atoms with Crippen molar-refractivity contribution in [2.75, 3.05) is 18.0 Å². The Labute approximate surface area is 205 Å². The number of aryl methyl sites for hydroxylation is 1. The van der Waals surface area contributed by atoms with Crippen molar-refractivity contribution in [3.63, 3.8) is 0 Å². The molecule has 1 saturated heterocycles. The summed E-state index contributed by atoms with van der Waals surface area (Å²) in [4.78, 5) is 10.5. The Hall–Kier alpha value is -3.36. The van der Waals surface area contributed by atoms with Crippen LogP contribution in [0.15, 0.2) is 24.4 Å². The summed E-state index contributed by atoms with van der Waals surface area (Å²) >= 11 is 0. The zero-order chi connectivity index (χ0) is 26.7. The number of imidazole rings is 1. The van der Waals surface area contributed by atoms with Gasteiger partial charge in [-0.3, -0.25) is 0 Å². The van der Waals surface area contributed by atoms with Gasteiger partial charge in [0.15, 0.2) is 0 Å². The highest BCUT2D eigenvalue weighted by Crippen LogP contribution is 2.38. The Balaban J connectivity index is 1.52. The maximum atomic E-state index is 13.7. The van der Waals surface area contributed by atoms with E-state index in [0.29, 0.717) is 41.5 Å². The number of nitrogens with two attached hydrogens (primary N) is 1. The summed E-state index contributed by atoms with van der Waals surface area (Å²) in [5.74, 6) is -1.39. The minimum atomic E-state index is -5.03. The molecule has 3 heterocycles. The van der Waals surface area contributed by atoms with Gasteiger partial charge in [-0.2, -0.15) is 31.3 Å². The van der Waals surface area contributed by atoms with Crippen LogP contribution in [0.2, 0.25) is 0 Å². The van der Waals surface area contributed by atoms with Crippen LogP contribution in [0.5, 0.6) is 11.8 Å². The topological polar surface area (TPSA) is 87.0 Å². The molecule has 2 N–H and O–H groups in total. The van der Waals surface area contributed by atoms with Crippen molar-refractivity contribution >= 4 is 5.95 Å². The predicted octanol–water partition coefficient (Wildman–Crippen LogP) is 4.46. The summed E-state index contributed by atoms with van der Waals surface area (Å²) in [6, 6.07) is 1.07. The maximum Gasteiger partial charge on any atom is 0.419 e. The highest BCUT2D eigenvalue weighted by Gasteiger charge is 2.41. The molecule has 2 aromatic heterocycles. The number of anilines is 1. The van der Waals surface area contributed by atoms with Crippen LogP contribution in [-0.4, -0.2) is 49.6 Å². The first kappa shape index (κ1) is 25.3. The van der Waals surface area contributed by atoms with E-state index in [9.17, 15) is 30.7 Å². The standard InChI is InChI=1S/C22H22F7N7O/c1-11-7-31-19(34-8-12-2-3-13(9-34)17(12)30)36(11)18-32-20(35(33-18)10-21(24,25)26)37-14-4-5-16(23)15(6-14)22(27,28)29/h4-7,12-13,17H,2-3,8-10,30H2,1H3. The van der Waals surface area contributed by atoms with Gasteiger partial charge in [0.1, 0.15) is 18.1 Å². The highest BCUT2D eigenvalue weighted by molar-refractivity contribution is 5.42. The largest absolute Gasteiger partial charge is 0.424 e. The van der Waals surface area contributed by atoms with Gasteiger partial charge >= 0.3 is 18.4 Å². The Morgan fingerprint density at radius 2 is 1.76 bits per heavy atom. The van der Waals surface area contributed by atoms with Crippen molar-refractivity contribution in [1.29, 1.82) is 0 Å².